The Morgan fingerprint density at radius 3 is 2.80 bits per heavy atom. The molecule has 0 fully saturated rings. The molecule has 108 valence electrons. The SMILES string of the molecule is CCn1cncc1C(CN)N(C)Cc1ccccc1F. The van der Waals surface area contributed by atoms with Gasteiger partial charge in [0.2, 0.25) is 0 Å². The van der Waals surface area contributed by atoms with Gasteiger partial charge < -0.3 is 10.3 Å². The maximum absolute atomic E-state index is 13.7. The van der Waals surface area contributed by atoms with Gasteiger partial charge in [0.05, 0.1) is 18.1 Å². The van der Waals surface area contributed by atoms with Crippen LogP contribution in [0.4, 0.5) is 4.39 Å². The van der Waals surface area contributed by atoms with Crippen LogP contribution in [0.15, 0.2) is 36.8 Å². The Morgan fingerprint density at radius 2 is 2.15 bits per heavy atom. The molecule has 1 unspecified atom stereocenters. The lowest BCUT2D eigenvalue weighted by Gasteiger charge is -2.27. The van der Waals surface area contributed by atoms with Gasteiger partial charge in [0, 0.05) is 31.4 Å². The summed E-state index contributed by atoms with van der Waals surface area (Å²) in [5.41, 5.74) is 7.64. The normalized spacial score (nSPS) is 12.8. The lowest BCUT2D eigenvalue weighted by molar-refractivity contribution is 0.229. The van der Waals surface area contributed by atoms with Gasteiger partial charge in [-0.25, -0.2) is 9.37 Å². The average molecular weight is 276 g/mol. The number of nitrogens with two attached hydrogens (primary N) is 1. The highest BCUT2D eigenvalue weighted by molar-refractivity contribution is 5.18. The largest absolute Gasteiger partial charge is 0.333 e. The summed E-state index contributed by atoms with van der Waals surface area (Å²) >= 11 is 0. The van der Waals surface area contributed by atoms with E-state index in [0.717, 1.165) is 12.2 Å². The van der Waals surface area contributed by atoms with Gasteiger partial charge in [-0.3, -0.25) is 4.90 Å². The Hall–Kier alpha value is -1.72. The first kappa shape index (κ1) is 14.7. The van der Waals surface area contributed by atoms with Crippen LogP contribution in [0.2, 0.25) is 0 Å². The minimum Gasteiger partial charge on any atom is -0.333 e. The molecule has 0 bridgehead atoms. The third kappa shape index (κ3) is 3.05. The van der Waals surface area contributed by atoms with E-state index in [9.17, 15) is 4.39 Å². The Bertz CT molecular complexity index is 552. The van der Waals surface area contributed by atoms with E-state index >= 15 is 0 Å². The minimum absolute atomic E-state index is 0.0251. The summed E-state index contributed by atoms with van der Waals surface area (Å²) in [7, 11) is 1.96. The van der Waals surface area contributed by atoms with Crippen LogP contribution in [-0.4, -0.2) is 28.0 Å². The zero-order chi connectivity index (χ0) is 14.5. The molecule has 0 radical (unpaired) electrons. The van der Waals surface area contributed by atoms with Crippen LogP contribution in [0.3, 0.4) is 0 Å². The summed E-state index contributed by atoms with van der Waals surface area (Å²) < 4.78 is 15.8. The van der Waals surface area contributed by atoms with Crippen molar-refractivity contribution < 1.29 is 4.39 Å². The highest BCUT2D eigenvalue weighted by Gasteiger charge is 2.20. The Balaban J connectivity index is 2.18. The number of likely N-dealkylation sites (N-methyl/N-ethyl adjacent to an activating group) is 1. The Kier molecular flexibility index (Phi) is 4.87. The van der Waals surface area contributed by atoms with Crippen molar-refractivity contribution in [2.45, 2.75) is 26.1 Å². The highest BCUT2D eigenvalue weighted by Crippen LogP contribution is 2.21. The molecule has 2 N–H and O–H groups in total. The first-order chi connectivity index (χ1) is 9.67. The fourth-order valence-electron chi connectivity index (χ4n) is 2.40. The number of imidazole rings is 1. The molecule has 0 aliphatic rings. The third-order valence-corrected chi connectivity index (χ3v) is 3.56. The van der Waals surface area contributed by atoms with Gasteiger partial charge >= 0.3 is 0 Å². The van der Waals surface area contributed by atoms with Crippen LogP contribution >= 0.6 is 0 Å². The second-order valence-electron chi connectivity index (χ2n) is 4.86. The number of rotatable bonds is 6. The first-order valence-corrected chi connectivity index (χ1v) is 6.81. The fraction of sp³-hybridized carbons (Fsp3) is 0.400. The number of benzene rings is 1. The lowest BCUT2D eigenvalue weighted by atomic mass is 10.1. The maximum Gasteiger partial charge on any atom is 0.127 e. The molecule has 0 aliphatic heterocycles. The number of aryl methyl sites for hydroxylation is 1. The quantitative estimate of drug-likeness (QED) is 0.879. The molecule has 2 aromatic rings. The number of hydrogen-bond acceptors (Lipinski definition) is 3. The molecule has 0 saturated heterocycles. The summed E-state index contributed by atoms with van der Waals surface area (Å²) in [4.78, 5) is 6.23. The topological polar surface area (TPSA) is 47.1 Å². The molecule has 0 saturated carbocycles. The molecule has 4 nitrogen and oxygen atoms in total. The van der Waals surface area contributed by atoms with Crippen molar-refractivity contribution in [2.75, 3.05) is 13.6 Å². The smallest absolute Gasteiger partial charge is 0.127 e. The van der Waals surface area contributed by atoms with Gasteiger partial charge in [0.15, 0.2) is 0 Å². The van der Waals surface area contributed by atoms with Crippen molar-refractivity contribution in [1.29, 1.82) is 0 Å². The highest BCUT2D eigenvalue weighted by atomic mass is 19.1. The van der Waals surface area contributed by atoms with Crippen LogP contribution in [0.5, 0.6) is 0 Å². The van der Waals surface area contributed by atoms with E-state index in [1.165, 1.54) is 6.07 Å². The molecule has 1 aromatic carbocycles. The van der Waals surface area contributed by atoms with E-state index < -0.39 is 0 Å². The van der Waals surface area contributed by atoms with E-state index in [-0.39, 0.29) is 11.9 Å². The number of hydrogen-bond donors (Lipinski definition) is 1. The Morgan fingerprint density at radius 1 is 1.40 bits per heavy atom. The van der Waals surface area contributed by atoms with E-state index in [0.29, 0.717) is 18.7 Å². The van der Waals surface area contributed by atoms with Crippen LogP contribution < -0.4 is 5.73 Å². The van der Waals surface area contributed by atoms with E-state index in [1.54, 1.807) is 18.5 Å². The van der Waals surface area contributed by atoms with Gasteiger partial charge in [-0.2, -0.15) is 0 Å². The summed E-state index contributed by atoms with van der Waals surface area (Å²) in [5.74, 6) is -0.181. The standard InChI is InChI=1S/C15H21FN4/c1-3-20-11-18-9-15(20)14(8-17)19(2)10-12-6-4-5-7-13(12)16/h4-7,9,11,14H,3,8,10,17H2,1-2H3. The van der Waals surface area contributed by atoms with Crippen LogP contribution in [0.1, 0.15) is 24.2 Å². The molecule has 0 amide bonds. The van der Waals surface area contributed by atoms with E-state index in [4.69, 9.17) is 5.73 Å². The van der Waals surface area contributed by atoms with Crippen molar-refractivity contribution in [3.8, 4) is 0 Å². The predicted octanol–water partition coefficient (Wildman–Crippen LogP) is 2.17. The monoisotopic (exact) mass is 276 g/mol. The van der Waals surface area contributed by atoms with Crippen LogP contribution in [-0.2, 0) is 13.1 Å². The summed E-state index contributed by atoms with van der Waals surface area (Å²) in [6, 6.07) is 6.86. The minimum atomic E-state index is -0.181. The first-order valence-electron chi connectivity index (χ1n) is 6.81. The molecule has 0 aliphatic carbocycles. The van der Waals surface area contributed by atoms with Crippen molar-refractivity contribution in [3.63, 3.8) is 0 Å². The zero-order valence-corrected chi connectivity index (χ0v) is 12.0. The second kappa shape index (κ2) is 6.63. The molecule has 0 spiro atoms. The van der Waals surface area contributed by atoms with Gasteiger partial charge in [0.25, 0.3) is 0 Å². The van der Waals surface area contributed by atoms with E-state index in [2.05, 4.69) is 21.4 Å². The fourth-order valence-corrected chi connectivity index (χ4v) is 2.40. The maximum atomic E-state index is 13.7. The summed E-state index contributed by atoms with van der Waals surface area (Å²) in [6.07, 6.45) is 3.63. The Labute approximate surface area is 119 Å². The average Bonchev–Trinajstić information content (AvgIpc) is 2.90. The third-order valence-electron chi connectivity index (χ3n) is 3.56. The molecule has 20 heavy (non-hydrogen) atoms. The van der Waals surface area contributed by atoms with Crippen molar-refractivity contribution >= 4 is 0 Å². The lowest BCUT2D eigenvalue weighted by Crippen LogP contribution is -2.32. The molecule has 2 rings (SSSR count). The molecule has 5 heteroatoms. The number of nitrogens with zero attached hydrogens (tertiary/aromatic N) is 3. The number of aromatic nitrogens is 2. The number of halogens is 1. The predicted molar refractivity (Wildman–Crippen MR) is 77.6 cm³/mol. The molecule has 1 heterocycles. The molecule has 1 atom stereocenters. The van der Waals surface area contributed by atoms with Gasteiger partial charge in [-0.15, -0.1) is 0 Å². The van der Waals surface area contributed by atoms with Crippen molar-refractivity contribution in [2.24, 2.45) is 5.73 Å². The van der Waals surface area contributed by atoms with Crippen LogP contribution in [0, 0.1) is 5.82 Å². The van der Waals surface area contributed by atoms with Gasteiger partial charge in [0.1, 0.15) is 5.82 Å². The summed E-state index contributed by atoms with van der Waals surface area (Å²) in [5, 5.41) is 0. The van der Waals surface area contributed by atoms with Gasteiger partial charge in [-0.1, -0.05) is 18.2 Å². The molecular weight excluding hydrogens is 255 g/mol. The van der Waals surface area contributed by atoms with Gasteiger partial charge in [-0.05, 0) is 20.0 Å². The van der Waals surface area contributed by atoms with E-state index in [1.807, 2.05) is 19.3 Å². The molecular formula is C15H21FN4. The second-order valence-corrected chi connectivity index (χ2v) is 4.86. The van der Waals surface area contributed by atoms with Crippen LogP contribution in [0.25, 0.3) is 0 Å². The molecule has 1 aromatic heterocycles. The summed E-state index contributed by atoms with van der Waals surface area (Å²) in [6.45, 7) is 3.90. The zero-order valence-electron chi connectivity index (χ0n) is 12.0. The van der Waals surface area contributed by atoms with Crippen molar-refractivity contribution in [1.82, 2.24) is 14.5 Å². The van der Waals surface area contributed by atoms with Crippen molar-refractivity contribution in [3.05, 3.63) is 53.9 Å².